The zero-order valence-corrected chi connectivity index (χ0v) is 14.0. The first-order valence-electron chi connectivity index (χ1n) is 0.542. The van der Waals surface area contributed by atoms with Crippen LogP contribution in [0.3, 0.4) is 0 Å². The van der Waals surface area contributed by atoms with Gasteiger partial charge in [0.05, 0.1) is 0 Å². The Morgan fingerprint density at radius 1 is 0.750 bits per heavy atom. The van der Waals surface area contributed by atoms with Crippen molar-refractivity contribution < 1.29 is 168 Å². The van der Waals surface area contributed by atoms with Gasteiger partial charge in [0.2, 0.25) is 0 Å². The molecule has 0 heterocycles. The normalized spacial score (nSPS) is 1.25. The van der Waals surface area contributed by atoms with Gasteiger partial charge in [0.15, 0.2) is 0 Å². The van der Waals surface area contributed by atoms with E-state index in [2.05, 4.69) is 0 Å². The van der Waals surface area contributed by atoms with Crippen LogP contribution in [0.15, 0.2) is 0 Å². The van der Waals surface area contributed by atoms with Gasteiger partial charge in [-0.3, -0.25) is 18.8 Å². The zero-order chi connectivity index (χ0) is 6.00. The van der Waals surface area contributed by atoms with Gasteiger partial charge in [0, 0.05) is 0 Å². The molecule has 0 rings (SSSR count). The monoisotopic (exact) mass is 296 g/mol. The first kappa shape index (κ1) is 78.9. The fourth-order valence-electron chi connectivity index (χ4n) is 0. The van der Waals surface area contributed by atoms with Crippen LogP contribution in [0.25, 0.3) is 0 Å². The molecule has 0 aromatic heterocycles. The summed E-state index contributed by atoms with van der Waals surface area (Å²) in [5.74, 6) is 0. The molecule has 0 saturated carbocycles. The predicted octanol–water partition coefficient (Wildman–Crippen LogP) is -5.55. The van der Waals surface area contributed by atoms with Crippen LogP contribution >= 0.6 is 0 Å². The third-order valence-electron chi connectivity index (χ3n) is 0. The Hall–Kier alpha value is 3.29. The predicted molar refractivity (Wildman–Crippen MR) is 19.6 cm³/mol. The molecular formula is H8F6K2O3Ti. The molecular weight excluding hydrogens is 288 g/mol. The van der Waals surface area contributed by atoms with Crippen molar-refractivity contribution in [1.29, 1.82) is 0 Å². The van der Waals surface area contributed by atoms with Crippen LogP contribution in [-0.4, -0.2) is 10.6 Å². The molecule has 0 atom stereocenters. The summed E-state index contributed by atoms with van der Waals surface area (Å²) in [4.78, 5) is 0. The zero-order valence-electron chi connectivity index (χ0n) is 8.19. The Bertz CT molecular complexity index is 29.0. The Labute approximate surface area is 164 Å². The molecule has 74 valence electrons. The summed E-state index contributed by atoms with van der Waals surface area (Å²) < 4.78 is 25.2. The summed E-state index contributed by atoms with van der Waals surface area (Å²) in [5.41, 5.74) is 0. The van der Waals surface area contributed by atoms with Crippen molar-refractivity contribution in [2.45, 2.75) is 0 Å². The van der Waals surface area contributed by atoms with E-state index in [9.17, 15) is 0 Å². The third kappa shape index (κ3) is 186. The molecule has 0 bridgehead atoms. The second kappa shape index (κ2) is 233. The number of rotatable bonds is 0. The molecule has 0 aliphatic carbocycles. The van der Waals surface area contributed by atoms with E-state index in [1.54, 1.807) is 0 Å². The molecule has 3 nitrogen and oxygen atoms in total. The van der Waals surface area contributed by atoms with Crippen LogP contribution < -0.4 is 103 Å². The summed E-state index contributed by atoms with van der Waals surface area (Å²) in [6, 6.07) is 0. The van der Waals surface area contributed by atoms with E-state index in [4.69, 9.17) is 23.0 Å². The van der Waals surface area contributed by atoms with Crippen LogP contribution in [0.1, 0.15) is 2.85 Å². The molecule has 12 heteroatoms. The molecule has 12 heavy (non-hydrogen) atoms. The Balaban J connectivity index is -0.000000000833. The van der Waals surface area contributed by atoms with Crippen molar-refractivity contribution in [2.75, 3.05) is 0 Å². The molecule has 0 amide bonds. The van der Waals surface area contributed by atoms with Gasteiger partial charge in [0.1, 0.15) is 0 Å². The molecule has 0 unspecified atom stereocenters. The summed E-state index contributed by atoms with van der Waals surface area (Å²) in [6.07, 6.45) is 0. The number of hydrogen-bond acceptors (Lipinski definition) is 3. The second-order valence-corrected chi connectivity index (χ2v) is 0. The van der Waals surface area contributed by atoms with Crippen LogP contribution in [-0.2, 0) is 23.7 Å². The van der Waals surface area contributed by atoms with Crippen LogP contribution in [0, 0.1) is 0 Å². The molecule has 0 spiro atoms. The van der Waals surface area contributed by atoms with E-state index in [1.807, 2.05) is 0 Å². The molecule has 0 saturated heterocycles. The minimum atomic E-state index is 0. The van der Waals surface area contributed by atoms with Crippen molar-refractivity contribution in [3.05, 3.63) is 0 Å². The van der Waals surface area contributed by atoms with Crippen molar-refractivity contribution in [1.82, 2.24) is 0 Å². The van der Waals surface area contributed by atoms with E-state index in [-0.39, 0.29) is 124 Å². The summed E-state index contributed by atoms with van der Waals surface area (Å²) >= 11 is 0.750. The van der Waals surface area contributed by atoms with Gasteiger partial charge in [-0.1, -0.05) is 9.05 Å². The van der Waals surface area contributed by atoms with Gasteiger partial charge in [-0.2, -0.15) is 0 Å². The van der Waals surface area contributed by atoms with E-state index in [0.717, 1.165) is 20.4 Å². The topological polar surface area (TPSA) is 57.5 Å². The number of halogens is 6. The first-order chi connectivity index (χ1) is 3.00. The molecule has 0 aliphatic rings. The maximum absolute atomic E-state index is 8.50. The Morgan fingerprint density at radius 3 is 0.750 bits per heavy atom. The van der Waals surface area contributed by atoms with Gasteiger partial charge in [0.25, 0.3) is 0 Å². The summed E-state index contributed by atoms with van der Waals surface area (Å²) in [5, 5.41) is 11.0. The fourth-order valence-corrected chi connectivity index (χ4v) is 0. The average molecular weight is 296 g/mol. The molecule has 0 fully saturated rings. The first-order valence-corrected chi connectivity index (χ1v) is 1.18. The van der Waals surface area contributed by atoms with E-state index in [1.165, 1.54) is 0 Å². The van der Waals surface area contributed by atoms with Gasteiger partial charge in [-0.25, -0.2) is 10.6 Å². The summed E-state index contributed by atoms with van der Waals surface area (Å²) in [7, 11) is 0. The Morgan fingerprint density at radius 2 is 0.750 bits per heavy atom. The van der Waals surface area contributed by atoms with Crippen molar-refractivity contribution in [3.63, 3.8) is 0 Å². The quantitative estimate of drug-likeness (QED) is 0.346. The molecule has 0 aromatic rings. The fraction of sp³-hybridized carbons (Fsp3) is 0. The van der Waals surface area contributed by atoms with Crippen LogP contribution in [0.5, 0.6) is 0 Å². The third-order valence-corrected chi connectivity index (χ3v) is 0. The second-order valence-electron chi connectivity index (χ2n) is 0. The van der Waals surface area contributed by atoms with Gasteiger partial charge in [-0.05, 0) is 0 Å². The minimum absolute atomic E-state index is 0. The van der Waals surface area contributed by atoms with E-state index >= 15 is 0 Å². The average Bonchev–Trinajstić information content (AvgIpc) is 1.81. The van der Waals surface area contributed by atoms with Gasteiger partial charge in [-0.15, -0.1) is 0 Å². The maximum atomic E-state index is 8.50. The SMILES string of the molecule is F.F.F.F.OF.OF.[H-].[H-].[K+].[K+].[O]=[Ti]. The van der Waals surface area contributed by atoms with Crippen LogP contribution in [0.4, 0.5) is 27.9 Å². The van der Waals surface area contributed by atoms with Gasteiger partial charge < -0.3 is 2.85 Å². The van der Waals surface area contributed by atoms with E-state index < -0.39 is 0 Å². The van der Waals surface area contributed by atoms with Crippen molar-refractivity contribution in [3.8, 4) is 0 Å². The van der Waals surface area contributed by atoms with Crippen molar-refractivity contribution >= 4 is 0 Å². The standard InChI is InChI=1S/2FHO.4FH.2K.O.Ti.2H/c2*1-2;;;;;;;;;;/h2*2H;4*1H;;;;;;/q;;;;;;2*+1;;;2*-1. The number of hydrogen-bond donors (Lipinski definition) is 2. The van der Waals surface area contributed by atoms with Crippen LogP contribution in [0.2, 0.25) is 0 Å². The van der Waals surface area contributed by atoms with E-state index in [0.29, 0.717) is 0 Å². The molecule has 0 aliphatic heterocycles. The summed E-state index contributed by atoms with van der Waals surface area (Å²) in [6.45, 7) is 0. The molecule has 0 aromatic carbocycles. The molecule has 0 radical (unpaired) electrons. The van der Waals surface area contributed by atoms with Gasteiger partial charge >= 0.3 is 126 Å². The molecule has 2 N–H and O–H groups in total. The Kier molecular flexibility index (Phi) is 1540. The van der Waals surface area contributed by atoms with Crippen molar-refractivity contribution in [2.24, 2.45) is 0 Å².